The van der Waals surface area contributed by atoms with E-state index in [-0.39, 0.29) is 31.6 Å². The molecule has 0 radical (unpaired) electrons. The monoisotopic (exact) mass is 787 g/mol. The number of ether oxygens (including phenoxy) is 3. The lowest BCUT2D eigenvalue weighted by Gasteiger charge is -2.18. The Kier molecular flexibility index (Phi) is 41.3. The minimum atomic E-state index is -0.831. The minimum Gasteiger partial charge on any atom is -0.462 e. The predicted molar refractivity (Wildman–Crippen MR) is 242 cm³/mol. The molecule has 6 nitrogen and oxygen atoms in total. The standard InChI is InChI=1S/C51H78O6/c1-4-7-10-13-16-19-21-22-23-24-25-26-27-28-30-32-35-38-41-44-50(53)56-47-48(46-55-49(52)43-40-37-34-31-18-15-12-9-6-3)57-51(54)45-42-39-36-33-29-20-17-14-11-8-5-2/h7-12,16-20,22-23,25-26,28,30-31,33,36,48H,4-6,13-15,21,24,27,29,32,34-35,37-47H2,1-3H3/b10-7-,11-8-,12-9-,19-16-,20-17-,23-22-,26-25-,30-28-,31-18-,36-33-. The molecule has 0 spiro atoms. The lowest BCUT2D eigenvalue weighted by molar-refractivity contribution is -0.167. The van der Waals surface area contributed by atoms with Crippen LogP contribution in [0, 0.1) is 0 Å². The summed E-state index contributed by atoms with van der Waals surface area (Å²) >= 11 is 0. The molecule has 6 heteroatoms. The van der Waals surface area contributed by atoms with Crippen LogP contribution in [0.3, 0.4) is 0 Å². The van der Waals surface area contributed by atoms with Gasteiger partial charge in [-0.15, -0.1) is 0 Å². The van der Waals surface area contributed by atoms with Crippen LogP contribution in [0.4, 0.5) is 0 Å². The van der Waals surface area contributed by atoms with Crippen molar-refractivity contribution >= 4 is 17.9 Å². The summed E-state index contributed by atoms with van der Waals surface area (Å²) in [6.45, 7) is 6.13. The van der Waals surface area contributed by atoms with Crippen LogP contribution in [-0.4, -0.2) is 37.2 Å². The number of carbonyl (C=O) groups is 3. The largest absolute Gasteiger partial charge is 0.462 e. The lowest BCUT2D eigenvalue weighted by Crippen LogP contribution is -2.30. The number of rotatable bonds is 37. The number of allylic oxidation sites excluding steroid dienone is 20. The topological polar surface area (TPSA) is 78.9 Å². The molecule has 0 saturated heterocycles. The van der Waals surface area contributed by atoms with Gasteiger partial charge in [0.15, 0.2) is 6.10 Å². The van der Waals surface area contributed by atoms with Gasteiger partial charge in [0.1, 0.15) is 13.2 Å². The summed E-state index contributed by atoms with van der Waals surface area (Å²) in [5, 5.41) is 0. The fraction of sp³-hybridized carbons (Fsp3) is 0.549. The van der Waals surface area contributed by atoms with Crippen molar-refractivity contribution in [3.63, 3.8) is 0 Å². The second kappa shape index (κ2) is 44.5. The van der Waals surface area contributed by atoms with E-state index in [1.165, 1.54) is 0 Å². The summed E-state index contributed by atoms with van der Waals surface area (Å²) in [5.41, 5.74) is 0. The van der Waals surface area contributed by atoms with Gasteiger partial charge in [0.2, 0.25) is 0 Å². The predicted octanol–water partition coefficient (Wildman–Crippen LogP) is 14.2. The van der Waals surface area contributed by atoms with E-state index in [4.69, 9.17) is 14.2 Å². The second-order valence-electron chi connectivity index (χ2n) is 13.8. The van der Waals surface area contributed by atoms with Crippen molar-refractivity contribution in [1.29, 1.82) is 0 Å². The van der Waals surface area contributed by atoms with E-state index < -0.39 is 12.1 Å². The quantitative estimate of drug-likeness (QED) is 0.0270. The second-order valence-corrected chi connectivity index (χ2v) is 13.8. The molecule has 0 fully saturated rings. The van der Waals surface area contributed by atoms with Gasteiger partial charge >= 0.3 is 17.9 Å². The Bertz CT molecular complexity index is 1270. The summed E-state index contributed by atoms with van der Waals surface area (Å²) in [6, 6.07) is 0. The van der Waals surface area contributed by atoms with Crippen LogP contribution in [0.15, 0.2) is 122 Å². The molecule has 0 aromatic heterocycles. The van der Waals surface area contributed by atoms with E-state index in [2.05, 4.69) is 142 Å². The fourth-order valence-corrected chi connectivity index (χ4v) is 5.23. The number of carbonyl (C=O) groups excluding carboxylic acids is 3. The fourth-order valence-electron chi connectivity index (χ4n) is 5.23. The van der Waals surface area contributed by atoms with Gasteiger partial charge in [-0.1, -0.05) is 149 Å². The van der Waals surface area contributed by atoms with Crippen LogP contribution in [0.5, 0.6) is 0 Å². The highest BCUT2D eigenvalue weighted by molar-refractivity contribution is 5.71. The molecule has 0 bridgehead atoms. The molecular weight excluding hydrogens is 709 g/mol. The van der Waals surface area contributed by atoms with Gasteiger partial charge < -0.3 is 14.2 Å². The maximum Gasteiger partial charge on any atom is 0.306 e. The molecule has 0 aliphatic heterocycles. The van der Waals surface area contributed by atoms with Crippen molar-refractivity contribution in [2.45, 2.75) is 168 Å². The van der Waals surface area contributed by atoms with Crippen LogP contribution < -0.4 is 0 Å². The van der Waals surface area contributed by atoms with Gasteiger partial charge in [-0.3, -0.25) is 14.4 Å². The van der Waals surface area contributed by atoms with E-state index in [9.17, 15) is 14.4 Å². The maximum atomic E-state index is 12.6. The van der Waals surface area contributed by atoms with Crippen LogP contribution in [0.1, 0.15) is 162 Å². The van der Waals surface area contributed by atoms with E-state index in [0.717, 1.165) is 109 Å². The van der Waals surface area contributed by atoms with Crippen molar-refractivity contribution in [2.24, 2.45) is 0 Å². The number of hydrogen-bond acceptors (Lipinski definition) is 6. The van der Waals surface area contributed by atoms with E-state index in [1.807, 2.05) is 0 Å². The normalized spacial score (nSPS) is 13.2. The first kappa shape index (κ1) is 52.8. The average molecular weight is 787 g/mol. The van der Waals surface area contributed by atoms with Gasteiger partial charge in [0, 0.05) is 19.3 Å². The summed E-state index contributed by atoms with van der Waals surface area (Å²) < 4.78 is 16.5. The third-order valence-corrected chi connectivity index (χ3v) is 8.44. The molecule has 0 aliphatic carbocycles. The molecule has 0 aromatic carbocycles. The van der Waals surface area contributed by atoms with E-state index >= 15 is 0 Å². The summed E-state index contributed by atoms with van der Waals surface area (Å²) in [6.07, 6.45) is 60.6. The van der Waals surface area contributed by atoms with Crippen LogP contribution in [0.25, 0.3) is 0 Å². The third-order valence-electron chi connectivity index (χ3n) is 8.44. The Morgan fingerprint density at radius 2 is 0.649 bits per heavy atom. The molecule has 0 aliphatic rings. The van der Waals surface area contributed by atoms with Crippen molar-refractivity contribution in [3.05, 3.63) is 122 Å². The van der Waals surface area contributed by atoms with Crippen molar-refractivity contribution in [2.75, 3.05) is 13.2 Å². The van der Waals surface area contributed by atoms with Crippen molar-refractivity contribution in [3.8, 4) is 0 Å². The van der Waals surface area contributed by atoms with Crippen LogP contribution in [-0.2, 0) is 28.6 Å². The maximum absolute atomic E-state index is 12.6. The number of esters is 3. The third kappa shape index (κ3) is 42.8. The zero-order chi connectivity index (χ0) is 41.5. The van der Waals surface area contributed by atoms with Gasteiger partial charge in [-0.25, -0.2) is 0 Å². The molecule has 57 heavy (non-hydrogen) atoms. The SMILES string of the molecule is CC/C=C\C/C=C\C/C=C\C/C=C\C/C=C\CCCCCC(=O)OCC(COC(=O)CCCC/C=C\C/C=C\CC)OC(=O)CCC/C=C\C/C=C\C/C=C\CC. The van der Waals surface area contributed by atoms with E-state index in [1.54, 1.807) is 0 Å². The van der Waals surface area contributed by atoms with Gasteiger partial charge in [0.25, 0.3) is 0 Å². The Morgan fingerprint density at radius 3 is 1.04 bits per heavy atom. The molecule has 0 saturated carbocycles. The molecule has 0 rings (SSSR count). The average Bonchev–Trinajstić information content (AvgIpc) is 3.21. The van der Waals surface area contributed by atoms with Crippen LogP contribution in [0.2, 0.25) is 0 Å². The molecule has 1 unspecified atom stereocenters. The summed E-state index contributed by atoms with van der Waals surface area (Å²) in [5.74, 6) is -1.07. The number of hydrogen-bond donors (Lipinski definition) is 0. The zero-order valence-corrected chi connectivity index (χ0v) is 36.0. The molecule has 0 heterocycles. The van der Waals surface area contributed by atoms with E-state index in [0.29, 0.717) is 25.7 Å². The Balaban J connectivity index is 4.50. The Morgan fingerprint density at radius 1 is 0.351 bits per heavy atom. The summed E-state index contributed by atoms with van der Waals surface area (Å²) in [4.78, 5) is 37.6. The van der Waals surface area contributed by atoms with Crippen molar-refractivity contribution < 1.29 is 28.6 Å². The first-order valence-electron chi connectivity index (χ1n) is 22.0. The zero-order valence-electron chi connectivity index (χ0n) is 36.0. The number of unbranched alkanes of at least 4 members (excludes halogenated alkanes) is 6. The molecule has 0 N–H and O–H groups in total. The lowest BCUT2D eigenvalue weighted by atomic mass is 10.1. The first-order chi connectivity index (χ1) is 28.0. The summed E-state index contributed by atoms with van der Waals surface area (Å²) in [7, 11) is 0. The highest BCUT2D eigenvalue weighted by atomic mass is 16.6. The first-order valence-corrected chi connectivity index (χ1v) is 22.0. The van der Waals surface area contributed by atoms with Crippen LogP contribution >= 0.6 is 0 Å². The molecular formula is C51H78O6. The Labute approximate surface area is 348 Å². The smallest absolute Gasteiger partial charge is 0.306 e. The van der Waals surface area contributed by atoms with Gasteiger partial charge in [-0.05, 0) is 116 Å². The molecule has 318 valence electrons. The molecule has 0 amide bonds. The molecule has 1 atom stereocenters. The highest BCUT2D eigenvalue weighted by Gasteiger charge is 2.19. The Hall–Kier alpha value is -4.19. The minimum absolute atomic E-state index is 0.130. The molecule has 0 aromatic rings. The highest BCUT2D eigenvalue weighted by Crippen LogP contribution is 2.09. The van der Waals surface area contributed by atoms with Gasteiger partial charge in [0.05, 0.1) is 0 Å². The van der Waals surface area contributed by atoms with Gasteiger partial charge in [-0.2, -0.15) is 0 Å². The van der Waals surface area contributed by atoms with Crippen molar-refractivity contribution in [1.82, 2.24) is 0 Å².